The number of pyridine rings is 1. The maximum absolute atomic E-state index is 13.1. The minimum Gasteiger partial charge on any atom is -0.360 e. The number of imide groups is 1. The van der Waals surface area contributed by atoms with E-state index < -0.39 is 11.9 Å². The van der Waals surface area contributed by atoms with E-state index in [1.165, 1.54) is 27.3 Å². The van der Waals surface area contributed by atoms with Crippen molar-refractivity contribution in [3.05, 3.63) is 112 Å². The highest BCUT2D eigenvalue weighted by atomic mass is 16.2. The lowest BCUT2D eigenvalue weighted by molar-refractivity contribution is -0.136. The van der Waals surface area contributed by atoms with Gasteiger partial charge in [-0.2, -0.15) is 0 Å². The van der Waals surface area contributed by atoms with E-state index in [2.05, 4.69) is 82.4 Å². The first kappa shape index (κ1) is 37.4. The molecule has 3 aromatic carbocycles. The summed E-state index contributed by atoms with van der Waals surface area (Å²) in [5, 5.41) is 6.19. The van der Waals surface area contributed by atoms with Crippen LogP contribution in [0.5, 0.6) is 0 Å². The molecule has 3 N–H and O–H groups in total. The molecule has 2 aromatic heterocycles. The molecule has 0 aliphatic carbocycles. The molecule has 4 amide bonds. The fourth-order valence-electron chi connectivity index (χ4n) is 8.36. The van der Waals surface area contributed by atoms with Gasteiger partial charge in [-0.1, -0.05) is 44.7 Å². The number of benzene rings is 3. The normalized spacial score (nSPS) is 16.3. The van der Waals surface area contributed by atoms with Crippen LogP contribution in [0, 0.1) is 11.8 Å². The molecule has 57 heavy (non-hydrogen) atoms. The number of hydrogen-bond donors (Lipinski definition) is 3. The molecule has 0 bridgehead atoms. The van der Waals surface area contributed by atoms with Gasteiger partial charge in [0.1, 0.15) is 11.7 Å². The number of H-pyrrole nitrogens is 1. The Morgan fingerprint density at radius 1 is 1.07 bits per heavy atom. The van der Waals surface area contributed by atoms with E-state index in [4.69, 9.17) is 0 Å². The highest BCUT2D eigenvalue weighted by Crippen LogP contribution is 2.41. The van der Waals surface area contributed by atoms with E-state index in [9.17, 15) is 24.0 Å². The number of hydrogen-bond acceptors (Lipinski definition) is 7. The monoisotopic (exact) mass is 760 g/mol. The van der Waals surface area contributed by atoms with Crippen molar-refractivity contribution in [2.45, 2.75) is 77.8 Å². The molecule has 11 nitrogen and oxygen atoms in total. The number of aryl methyl sites for hydroxylation is 2. The molecule has 3 aliphatic rings. The third-order valence-electron chi connectivity index (χ3n) is 11.3. The van der Waals surface area contributed by atoms with Gasteiger partial charge in [0.2, 0.25) is 11.8 Å². The Bertz CT molecular complexity index is 2520. The van der Waals surface area contributed by atoms with Gasteiger partial charge in [0.25, 0.3) is 11.8 Å². The van der Waals surface area contributed by atoms with Crippen molar-refractivity contribution in [1.82, 2.24) is 25.5 Å². The van der Waals surface area contributed by atoms with Gasteiger partial charge >= 0.3 is 0 Å². The summed E-state index contributed by atoms with van der Waals surface area (Å²) in [5.74, 6) is 5.23. The number of carbonyl (C=O) groups excluding carboxylic acids is 5. The first-order valence-electron chi connectivity index (χ1n) is 19.7. The van der Waals surface area contributed by atoms with E-state index in [0.29, 0.717) is 41.8 Å². The van der Waals surface area contributed by atoms with Gasteiger partial charge in [-0.25, -0.2) is 0 Å². The summed E-state index contributed by atoms with van der Waals surface area (Å²) in [7, 11) is 0. The Labute approximate surface area is 331 Å². The van der Waals surface area contributed by atoms with Gasteiger partial charge in [-0.3, -0.25) is 34.3 Å². The summed E-state index contributed by atoms with van der Waals surface area (Å²) in [6, 6.07) is 17.3. The van der Waals surface area contributed by atoms with Gasteiger partial charge in [-0.05, 0) is 102 Å². The zero-order chi connectivity index (χ0) is 39.8. The molecule has 8 rings (SSSR count). The number of aromatic amines is 1. The van der Waals surface area contributed by atoms with Crippen LogP contribution in [0.15, 0.2) is 67.0 Å². The quantitative estimate of drug-likeness (QED) is 0.0653. The van der Waals surface area contributed by atoms with Crippen molar-refractivity contribution in [1.29, 1.82) is 0 Å². The summed E-state index contributed by atoms with van der Waals surface area (Å²) < 4.78 is 0. The smallest absolute Gasteiger partial charge is 0.269 e. The molecule has 0 spiro atoms. The number of rotatable bonds is 9. The van der Waals surface area contributed by atoms with Crippen molar-refractivity contribution < 1.29 is 24.0 Å². The Balaban J connectivity index is 0.932. The SMILES string of the molecule is CCc1cc2c(cc1-c1ccc(C(=O)NCCC#Cc3cccc4c3CN(C3CCC(=O)NC3=O)C4=O)nc1)CCCN2c1cc(C(C)C)c2[nH]cc(C=O)c2c1. The molecule has 0 radical (unpaired) electrons. The molecule has 1 atom stereocenters. The van der Waals surface area contributed by atoms with Crippen LogP contribution in [0.4, 0.5) is 11.4 Å². The zero-order valence-corrected chi connectivity index (χ0v) is 32.3. The second-order valence-corrected chi connectivity index (χ2v) is 15.2. The largest absolute Gasteiger partial charge is 0.360 e. The number of nitrogens with zero attached hydrogens (tertiary/aromatic N) is 3. The minimum atomic E-state index is -0.686. The first-order chi connectivity index (χ1) is 27.6. The molecule has 3 aliphatic heterocycles. The van der Waals surface area contributed by atoms with Gasteiger partial charge in [0.15, 0.2) is 6.29 Å². The number of aldehydes is 1. The van der Waals surface area contributed by atoms with E-state index in [1.807, 2.05) is 12.1 Å². The average molecular weight is 761 g/mol. The highest BCUT2D eigenvalue weighted by molar-refractivity contribution is 6.06. The van der Waals surface area contributed by atoms with Crippen LogP contribution in [0.1, 0.15) is 111 Å². The Morgan fingerprint density at radius 3 is 2.68 bits per heavy atom. The molecule has 0 saturated carbocycles. The van der Waals surface area contributed by atoms with Crippen molar-refractivity contribution in [3.8, 4) is 23.0 Å². The van der Waals surface area contributed by atoms with Gasteiger partial charge in [-0.15, -0.1) is 0 Å². The Kier molecular flexibility index (Phi) is 10.2. The van der Waals surface area contributed by atoms with Crippen molar-refractivity contribution in [2.75, 3.05) is 18.0 Å². The maximum atomic E-state index is 13.1. The summed E-state index contributed by atoms with van der Waals surface area (Å²) in [4.78, 5) is 73.9. The van der Waals surface area contributed by atoms with Crippen LogP contribution in [-0.2, 0) is 29.0 Å². The number of piperidine rings is 1. The molecule has 1 saturated heterocycles. The molecular weight excluding hydrogens is 717 g/mol. The fourth-order valence-corrected chi connectivity index (χ4v) is 8.36. The number of carbonyl (C=O) groups is 5. The summed E-state index contributed by atoms with van der Waals surface area (Å²) in [5.41, 5.74) is 11.9. The van der Waals surface area contributed by atoms with Gasteiger partial charge < -0.3 is 20.1 Å². The lowest BCUT2D eigenvalue weighted by Crippen LogP contribution is -2.52. The van der Waals surface area contributed by atoms with Crippen LogP contribution in [-0.4, -0.2) is 63.9 Å². The topological polar surface area (TPSA) is 145 Å². The molecule has 11 heteroatoms. The summed E-state index contributed by atoms with van der Waals surface area (Å²) in [6.07, 6.45) is 8.14. The molecule has 5 aromatic rings. The van der Waals surface area contributed by atoms with E-state index in [0.717, 1.165) is 65.4 Å². The molecule has 1 fully saturated rings. The molecular formula is C46H44N6O5. The third kappa shape index (κ3) is 7.08. The van der Waals surface area contributed by atoms with Crippen LogP contribution >= 0.6 is 0 Å². The Morgan fingerprint density at radius 2 is 1.93 bits per heavy atom. The third-order valence-corrected chi connectivity index (χ3v) is 11.3. The number of amides is 4. The van der Waals surface area contributed by atoms with Gasteiger partial charge in [0.05, 0.1) is 0 Å². The zero-order valence-electron chi connectivity index (χ0n) is 32.3. The maximum Gasteiger partial charge on any atom is 0.269 e. The van der Waals surface area contributed by atoms with Crippen molar-refractivity contribution >= 4 is 52.2 Å². The lowest BCUT2D eigenvalue weighted by Gasteiger charge is -2.33. The predicted octanol–water partition coefficient (Wildman–Crippen LogP) is 6.75. The van der Waals surface area contributed by atoms with E-state index in [-0.39, 0.29) is 36.6 Å². The predicted molar refractivity (Wildman–Crippen MR) is 218 cm³/mol. The standard InChI is InChI=1S/C46H44N6O5/c1-4-28-20-41-30(11-8-18-51(41)33-21-35(27(2)3)43-37(22-33)32(26-53)24-49-43)19-36(28)31-13-14-39(48-23-31)44(55)47-17-6-5-9-29-10-7-12-34-38(29)25-52(46(34)57)40-15-16-42(54)50-45(40)56/h7,10,12-14,19-24,26-27,40,49H,4,6,8,11,15-18,25H2,1-3H3,(H,47,55)(H,50,54,56). The highest BCUT2D eigenvalue weighted by Gasteiger charge is 2.39. The molecule has 288 valence electrons. The first-order valence-corrected chi connectivity index (χ1v) is 19.7. The summed E-state index contributed by atoms with van der Waals surface area (Å²) in [6.45, 7) is 7.96. The lowest BCUT2D eigenvalue weighted by atomic mass is 9.90. The minimum absolute atomic E-state index is 0.196. The second-order valence-electron chi connectivity index (χ2n) is 15.2. The number of aromatic nitrogens is 2. The summed E-state index contributed by atoms with van der Waals surface area (Å²) >= 11 is 0. The fraction of sp³-hybridized carbons (Fsp3) is 0.304. The van der Waals surface area contributed by atoms with Gasteiger partial charge in [0, 0.05) is 89.4 Å². The number of nitrogens with one attached hydrogen (secondary N) is 3. The molecule has 5 heterocycles. The van der Waals surface area contributed by atoms with Crippen LogP contribution in [0.25, 0.3) is 22.0 Å². The number of anilines is 2. The van der Waals surface area contributed by atoms with Crippen LogP contribution in [0.2, 0.25) is 0 Å². The van der Waals surface area contributed by atoms with Crippen molar-refractivity contribution in [3.63, 3.8) is 0 Å². The Hall–Kier alpha value is -6.54. The van der Waals surface area contributed by atoms with Crippen LogP contribution < -0.4 is 15.5 Å². The number of fused-ring (bicyclic) bond motifs is 3. The molecule has 1 unspecified atom stereocenters. The van der Waals surface area contributed by atoms with Crippen molar-refractivity contribution in [2.24, 2.45) is 0 Å². The van der Waals surface area contributed by atoms with E-state index in [1.54, 1.807) is 30.6 Å². The van der Waals surface area contributed by atoms with E-state index >= 15 is 0 Å². The average Bonchev–Trinajstić information content (AvgIpc) is 3.80. The second kappa shape index (κ2) is 15.5. The van der Waals surface area contributed by atoms with Crippen LogP contribution in [0.3, 0.4) is 0 Å².